The van der Waals surface area contributed by atoms with E-state index < -0.39 is 0 Å². The van der Waals surface area contributed by atoms with Crippen LogP contribution in [-0.2, 0) is 0 Å². The average Bonchev–Trinajstić information content (AvgIpc) is 2.92. The van der Waals surface area contributed by atoms with Crippen molar-refractivity contribution in [2.24, 2.45) is 5.92 Å². The predicted octanol–water partition coefficient (Wildman–Crippen LogP) is 14.8. The topological polar surface area (TPSA) is 0 Å². The Balaban J connectivity index is 0. The van der Waals surface area contributed by atoms with Crippen molar-refractivity contribution in [3.05, 3.63) is 0 Å². The zero-order valence-electron chi connectivity index (χ0n) is 28.0. The summed E-state index contributed by atoms with van der Waals surface area (Å²) in [5, 5.41) is 0.515. The number of hydrogen-bond donors (Lipinski definition) is 0. The molecular formula is C37H78ClP. The molecule has 2 atom stereocenters. The number of hydrogen-bond acceptors (Lipinski definition) is 0. The molecule has 0 aromatic rings. The molecule has 0 saturated carbocycles. The van der Waals surface area contributed by atoms with Gasteiger partial charge in [-0.05, 0) is 36.8 Å². The molecule has 0 saturated heterocycles. The van der Waals surface area contributed by atoms with Crippen LogP contribution in [0.2, 0.25) is 0 Å². The molecule has 0 N–H and O–H groups in total. The van der Waals surface area contributed by atoms with Gasteiger partial charge in [-0.15, -0.1) is 21.6 Å². The fourth-order valence-electron chi connectivity index (χ4n) is 6.59. The molecule has 0 aliphatic rings. The van der Waals surface area contributed by atoms with Gasteiger partial charge in [0.05, 0.1) is 0 Å². The predicted molar refractivity (Wildman–Crippen MR) is 189 cm³/mol. The summed E-state index contributed by atoms with van der Waals surface area (Å²) in [7, 11) is 3.53. The van der Waals surface area contributed by atoms with Crippen molar-refractivity contribution in [3.63, 3.8) is 0 Å². The van der Waals surface area contributed by atoms with E-state index in [1.165, 1.54) is 199 Å². The summed E-state index contributed by atoms with van der Waals surface area (Å²) in [6.07, 6.45) is 45.1. The first-order valence-electron chi connectivity index (χ1n) is 18.4. The summed E-state index contributed by atoms with van der Waals surface area (Å²) in [4.78, 5) is 0. The molecule has 0 radical (unpaired) electrons. The highest BCUT2D eigenvalue weighted by Crippen LogP contribution is 2.44. The van der Waals surface area contributed by atoms with E-state index in [1.807, 2.05) is 0 Å². The third kappa shape index (κ3) is 27.3. The molecule has 0 aromatic carbocycles. The van der Waals surface area contributed by atoms with Crippen LogP contribution in [0.1, 0.15) is 227 Å². The summed E-state index contributed by atoms with van der Waals surface area (Å²) < 4.78 is 0. The largest absolute Gasteiger partial charge is 0.147 e. The summed E-state index contributed by atoms with van der Waals surface area (Å²) in [6, 6.07) is 0. The second kappa shape index (κ2) is 33.2. The fourth-order valence-corrected chi connectivity index (χ4v) is 7.34. The first kappa shape index (κ1) is 41.9. The van der Waals surface area contributed by atoms with Gasteiger partial charge < -0.3 is 0 Å². The molecule has 0 nitrogen and oxygen atoms in total. The van der Waals surface area contributed by atoms with E-state index >= 15 is 0 Å². The minimum atomic E-state index is 0. The highest BCUT2D eigenvalue weighted by Gasteiger charge is 2.32. The van der Waals surface area contributed by atoms with Crippen molar-refractivity contribution in [1.29, 1.82) is 0 Å². The molecule has 0 aromatic heterocycles. The van der Waals surface area contributed by atoms with Gasteiger partial charge in [0, 0.05) is 0 Å². The smallest absolute Gasteiger partial charge is 0.0122 e. The molecule has 238 valence electrons. The maximum atomic E-state index is 3.53. The quantitative estimate of drug-likeness (QED) is 0.0541. The van der Waals surface area contributed by atoms with Crippen LogP contribution in [0.25, 0.3) is 0 Å². The van der Waals surface area contributed by atoms with Gasteiger partial charge in [-0.25, -0.2) is 0 Å². The minimum absolute atomic E-state index is 0. The molecule has 0 aliphatic heterocycles. The summed E-state index contributed by atoms with van der Waals surface area (Å²) in [5.41, 5.74) is 0. The molecule has 39 heavy (non-hydrogen) atoms. The van der Waals surface area contributed by atoms with Crippen LogP contribution in [-0.4, -0.2) is 5.16 Å². The van der Waals surface area contributed by atoms with Gasteiger partial charge >= 0.3 is 0 Å². The molecule has 0 amide bonds. The second-order valence-electron chi connectivity index (χ2n) is 13.1. The molecule has 0 rings (SSSR count). The van der Waals surface area contributed by atoms with Crippen LogP contribution in [0.5, 0.6) is 0 Å². The monoisotopic (exact) mass is 589 g/mol. The highest BCUT2D eigenvalue weighted by molar-refractivity contribution is 7.19. The lowest BCUT2D eigenvalue weighted by molar-refractivity contribution is 0.269. The van der Waals surface area contributed by atoms with Gasteiger partial charge in [0.1, 0.15) is 0 Å². The van der Waals surface area contributed by atoms with Crippen molar-refractivity contribution in [2.45, 2.75) is 232 Å². The third-order valence-electron chi connectivity index (χ3n) is 9.37. The Hall–Kier alpha value is 0.720. The Morgan fingerprint density at radius 1 is 0.359 bits per heavy atom. The summed E-state index contributed by atoms with van der Waals surface area (Å²) in [5.74, 6) is 0.939. The molecule has 2 unspecified atom stereocenters. The molecule has 0 aliphatic carbocycles. The van der Waals surface area contributed by atoms with Gasteiger partial charge in [0.15, 0.2) is 0 Å². The maximum Gasteiger partial charge on any atom is -0.0122 e. The Labute approximate surface area is 258 Å². The molecule has 2 heteroatoms. The second-order valence-corrected chi connectivity index (χ2v) is 14.3. The van der Waals surface area contributed by atoms with Crippen molar-refractivity contribution < 1.29 is 0 Å². The Morgan fingerprint density at radius 2 is 0.590 bits per heavy atom. The van der Waals surface area contributed by atoms with Gasteiger partial charge in [-0.3, -0.25) is 0 Å². The van der Waals surface area contributed by atoms with E-state index in [4.69, 9.17) is 0 Å². The zero-order valence-corrected chi connectivity index (χ0v) is 30.0. The van der Waals surface area contributed by atoms with E-state index in [0.29, 0.717) is 5.16 Å². The molecule has 0 heterocycles. The van der Waals surface area contributed by atoms with Gasteiger partial charge in [-0.1, -0.05) is 201 Å². The fraction of sp³-hybridized carbons (Fsp3) is 1.00. The maximum absolute atomic E-state index is 3.53. The van der Waals surface area contributed by atoms with Crippen LogP contribution in [0, 0.1) is 5.92 Å². The molecule has 0 bridgehead atoms. The van der Waals surface area contributed by atoms with Crippen molar-refractivity contribution in [2.75, 3.05) is 0 Å². The van der Waals surface area contributed by atoms with E-state index in [-0.39, 0.29) is 12.4 Å². The molecular weight excluding hydrogens is 511 g/mol. The number of rotatable bonds is 32. The van der Waals surface area contributed by atoms with E-state index in [0.717, 1.165) is 5.92 Å². The van der Waals surface area contributed by atoms with Gasteiger partial charge in [0.2, 0.25) is 0 Å². The van der Waals surface area contributed by atoms with E-state index in [9.17, 15) is 0 Å². The molecule has 0 fully saturated rings. The molecule has 0 spiro atoms. The van der Waals surface area contributed by atoms with Gasteiger partial charge in [-0.2, -0.15) is 0 Å². The standard InChI is InChI=1S/C37H77P.ClH/c1-5-9-13-17-18-19-20-21-22-23-25-29-33-36(32-28-24-14-10-6-2)37(38,34-30-26-15-11-7-3)35-31-27-16-12-8-4;/h36H,5-35,38H2,1-4H3;1H. The summed E-state index contributed by atoms with van der Waals surface area (Å²) >= 11 is 0. The SMILES string of the molecule is CCCCCCCCCCCCCCC(CCCCCCC)C(P)(CCCCCCC)CCCCCCC.Cl. The van der Waals surface area contributed by atoms with Crippen LogP contribution in [0.3, 0.4) is 0 Å². The highest BCUT2D eigenvalue weighted by atomic mass is 35.5. The van der Waals surface area contributed by atoms with Crippen molar-refractivity contribution in [3.8, 4) is 0 Å². The number of unbranched alkanes of at least 4 members (excludes halogenated alkanes) is 23. The summed E-state index contributed by atoms with van der Waals surface area (Å²) in [6.45, 7) is 9.36. The lowest BCUT2D eigenvalue weighted by atomic mass is 9.77. The van der Waals surface area contributed by atoms with Crippen LogP contribution in [0.4, 0.5) is 0 Å². The minimum Gasteiger partial charge on any atom is -0.147 e. The Bertz CT molecular complexity index is 423. The van der Waals surface area contributed by atoms with E-state index in [1.54, 1.807) is 0 Å². The van der Waals surface area contributed by atoms with Crippen LogP contribution < -0.4 is 0 Å². The normalized spacial score (nSPS) is 12.5. The zero-order chi connectivity index (χ0) is 28.0. The van der Waals surface area contributed by atoms with Crippen LogP contribution in [0.15, 0.2) is 0 Å². The average molecular weight is 589 g/mol. The number of halogens is 1. The Kier molecular flexibility index (Phi) is 35.7. The Morgan fingerprint density at radius 3 is 0.872 bits per heavy atom. The lowest BCUT2D eigenvalue weighted by Crippen LogP contribution is -2.32. The van der Waals surface area contributed by atoms with Gasteiger partial charge in [0.25, 0.3) is 0 Å². The first-order valence-corrected chi connectivity index (χ1v) is 19.0. The van der Waals surface area contributed by atoms with Crippen LogP contribution >= 0.6 is 21.6 Å². The first-order chi connectivity index (χ1) is 18.6. The van der Waals surface area contributed by atoms with E-state index in [2.05, 4.69) is 36.9 Å². The lowest BCUT2D eigenvalue weighted by Gasteiger charge is -2.39. The van der Waals surface area contributed by atoms with Crippen molar-refractivity contribution >= 4 is 21.6 Å². The third-order valence-corrected chi connectivity index (χ3v) is 10.4. The van der Waals surface area contributed by atoms with Crippen molar-refractivity contribution in [1.82, 2.24) is 0 Å².